The van der Waals surface area contributed by atoms with Gasteiger partial charge in [-0.2, -0.15) is 0 Å². The Hall–Kier alpha value is -0.130. The van der Waals surface area contributed by atoms with Gasteiger partial charge in [0.05, 0.1) is 13.2 Å². The van der Waals surface area contributed by atoms with Crippen molar-refractivity contribution in [3.8, 4) is 0 Å². The van der Waals surface area contributed by atoms with Gasteiger partial charge in [0.25, 0.3) is 0 Å². The van der Waals surface area contributed by atoms with Gasteiger partial charge in [0.15, 0.2) is 0 Å². The first-order valence-corrected chi connectivity index (χ1v) is 6.03. The van der Waals surface area contributed by atoms with E-state index in [1.807, 2.05) is 0 Å². The van der Waals surface area contributed by atoms with Crippen molar-refractivity contribution in [2.24, 2.45) is 5.90 Å². The summed E-state index contributed by atoms with van der Waals surface area (Å²) in [5.41, 5.74) is 0. The Balaban J connectivity index is 2.64. The highest BCUT2D eigenvalue weighted by Gasteiger charge is 2.53. The van der Waals surface area contributed by atoms with Crippen LogP contribution in [0, 0.1) is 0 Å². The highest BCUT2D eigenvalue weighted by atomic mass is 31.2. The van der Waals surface area contributed by atoms with Crippen molar-refractivity contribution < 1.29 is 43.8 Å². The summed E-state index contributed by atoms with van der Waals surface area (Å²) in [6, 6.07) is 0. The molecule has 1 aliphatic rings. The average Bonchev–Trinajstić information content (AvgIpc) is 2.52. The molecule has 4 atom stereocenters. The average molecular weight is 276 g/mol. The number of hydrogen-bond acceptors (Lipinski definition) is 6. The van der Waals surface area contributed by atoms with Gasteiger partial charge >= 0.3 is 7.82 Å². The van der Waals surface area contributed by atoms with Crippen LogP contribution < -0.4 is 5.90 Å². The molecule has 0 amide bonds. The number of aliphatic hydroxyl groups excluding tert-OH is 3. The van der Waals surface area contributed by atoms with E-state index in [0.717, 1.165) is 0 Å². The molecule has 0 aromatic carbocycles. The second-order valence-electron chi connectivity index (χ2n) is 3.49. The van der Waals surface area contributed by atoms with Crippen LogP contribution in [0.3, 0.4) is 0 Å². The van der Waals surface area contributed by atoms with Crippen molar-refractivity contribution in [1.29, 1.82) is 0 Å². The summed E-state index contributed by atoms with van der Waals surface area (Å²) in [5.74, 6) is 2.18. The molecular weight excluding hydrogens is 261 g/mol. The Morgan fingerprint density at radius 3 is 2.41 bits per heavy atom. The van der Waals surface area contributed by atoms with Crippen molar-refractivity contribution in [3.63, 3.8) is 0 Å². The summed E-state index contributed by atoms with van der Waals surface area (Å²) >= 11 is 0. The highest BCUT2D eigenvalue weighted by Crippen LogP contribution is 2.39. The maximum absolute atomic E-state index is 9.49. The van der Waals surface area contributed by atoms with E-state index >= 15 is 0 Å². The first-order chi connectivity index (χ1) is 7.75. The first-order valence-electron chi connectivity index (χ1n) is 4.50. The van der Waals surface area contributed by atoms with Crippen LogP contribution in [0.1, 0.15) is 0 Å². The molecule has 102 valence electrons. The number of rotatable bonds is 4. The maximum Gasteiger partial charge on any atom is 0.693 e. The fraction of sp³-hybridized carbons (Fsp3) is 1.00. The van der Waals surface area contributed by atoms with E-state index in [9.17, 15) is 15.3 Å². The van der Waals surface area contributed by atoms with Crippen molar-refractivity contribution in [2.45, 2.75) is 24.1 Å². The summed E-state index contributed by atoms with van der Waals surface area (Å²) in [5, 5.41) is 37.1. The van der Waals surface area contributed by atoms with Gasteiger partial charge in [-0.1, -0.05) is 4.30 Å². The quantitative estimate of drug-likeness (QED) is 0.155. The van der Waals surface area contributed by atoms with Crippen molar-refractivity contribution >= 4 is 7.82 Å². The molecular formula is C6H15NO9P+. The van der Waals surface area contributed by atoms with Crippen molar-refractivity contribution in [2.75, 3.05) is 13.2 Å². The molecule has 0 spiro atoms. The third kappa shape index (κ3) is 3.20. The van der Waals surface area contributed by atoms with Gasteiger partial charge in [-0.05, 0) is 0 Å². The molecule has 0 unspecified atom stereocenters. The molecule has 0 radical (unpaired) electrons. The van der Waals surface area contributed by atoms with Gasteiger partial charge in [-0.25, -0.2) is 4.52 Å². The second-order valence-corrected chi connectivity index (χ2v) is 4.94. The summed E-state index contributed by atoms with van der Waals surface area (Å²) in [6.45, 7) is -1.56. The van der Waals surface area contributed by atoms with Gasteiger partial charge in [-0.15, -0.1) is 0 Å². The van der Waals surface area contributed by atoms with Crippen LogP contribution in [-0.2, 0) is 13.6 Å². The van der Waals surface area contributed by atoms with E-state index in [-0.39, 0.29) is 0 Å². The lowest BCUT2D eigenvalue weighted by Crippen LogP contribution is -2.46. The molecule has 1 fully saturated rings. The fourth-order valence-corrected chi connectivity index (χ4v) is 1.74. The monoisotopic (exact) mass is 276 g/mol. The molecule has 1 rings (SSSR count). The van der Waals surface area contributed by atoms with Gasteiger partial charge in [0.1, 0.15) is 18.3 Å². The van der Waals surface area contributed by atoms with Gasteiger partial charge in [0.2, 0.25) is 5.79 Å². The zero-order valence-electron chi connectivity index (χ0n) is 8.58. The van der Waals surface area contributed by atoms with E-state index in [2.05, 4.69) is 14.7 Å². The number of ether oxygens (including phenoxy) is 1. The normalized spacial score (nSPS) is 38.4. The molecule has 17 heavy (non-hydrogen) atoms. The van der Waals surface area contributed by atoms with Crippen LogP contribution in [0.25, 0.3) is 0 Å². The topological polar surface area (TPSA) is 177 Å². The molecule has 8 N–H and O–H groups in total. The summed E-state index contributed by atoms with van der Waals surface area (Å²) < 4.78 is 12.9. The van der Waals surface area contributed by atoms with E-state index in [1.54, 1.807) is 0 Å². The third-order valence-corrected chi connectivity index (χ3v) is 3.05. The van der Waals surface area contributed by atoms with Crippen LogP contribution >= 0.6 is 7.82 Å². The lowest BCUT2D eigenvalue weighted by atomic mass is 10.1. The minimum atomic E-state index is -4.21. The maximum atomic E-state index is 9.49. The largest absolute Gasteiger partial charge is 0.693 e. The fourth-order valence-electron chi connectivity index (χ4n) is 1.34. The molecule has 0 bridgehead atoms. The minimum Gasteiger partial charge on any atom is -0.391 e. The molecule has 0 aromatic rings. The summed E-state index contributed by atoms with van der Waals surface area (Å²) in [7, 11) is -4.21. The smallest absolute Gasteiger partial charge is 0.391 e. The third-order valence-electron chi connectivity index (χ3n) is 2.29. The van der Waals surface area contributed by atoms with E-state index in [0.29, 0.717) is 0 Å². The predicted octanol–water partition coefficient (Wildman–Crippen LogP) is -3.69. The van der Waals surface area contributed by atoms with Gasteiger partial charge < -0.3 is 25.2 Å². The number of nitrogens with two attached hydrogens (primary N) is 1. The van der Waals surface area contributed by atoms with Crippen LogP contribution in [0.4, 0.5) is 0 Å². The number of aliphatic hydroxyl groups is 4. The predicted molar refractivity (Wildman–Crippen MR) is 51.1 cm³/mol. The zero-order chi connectivity index (χ0) is 13.3. The summed E-state index contributed by atoms with van der Waals surface area (Å²) in [6.07, 6.45) is -4.62. The molecule has 1 aliphatic heterocycles. The van der Waals surface area contributed by atoms with Crippen molar-refractivity contribution in [3.05, 3.63) is 0 Å². The number of hydrogen-bond donors (Lipinski definition) is 7. The Labute approximate surface area is 95.7 Å². The molecule has 1 saturated heterocycles. The Morgan fingerprint density at radius 1 is 1.41 bits per heavy atom. The van der Waals surface area contributed by atoms with Crippen molar-refractivity contribution in [1.82, 2.24) is 0 Å². The minimum absolute atomic E-state index is 0.613. The Kier molecular flexibility index (Phi) is 4.60. The molecule has 11 heteroatoms. The van der Waals surface area contributed by atoms with Crippen LogP contribution in [0.5, 0.6) is 0 Å². The zero-order valence-corrected chi connectivity index (χ0v) is 9.47. The molecule has 1 heterocycles. The SMILES string of the molecule is N[O+]=P(O)(O)OC[C@H]1O[C@](O)(CO)[C@@H](O)[C@@H]1O. The first kappa shape index (κ1) is 14.9. The van der Waals surface area contributed by atoms with E-state index < -0.39 is 45.1 Å². The van der Waals surface area contributed by atoms with Crippen LogP contribution in [-0.4, -0.2) is 67.5 Å². The second kappa shape index (κ2) is 5.24. The van der Waals surface area contributed by atoms with Crippen LogP contribution in [0.2, 0.25) is 0 Å². The van der Waals surface area contributed by atoms with E-state index in [1.165, 1.54) is 0 Å². The standard InChI is InChI=1S/C6H15NO9P/c7-16-17(12,13)14-1-3-4(9)5(10)6(11,2-8)15-3/h3-5,8-13H,1-2,7H2/q+1/t3-,4-,5+,6-/m1/s1. The molecule has 0 aliphatic carbocycles. The lowest BCUT2D eigenvalue weighted by molar-refractivity contribution is -0.247. The van der Waals surface area contributed by atoms with Crippen LogP contribution in [0.15, 0.2) is 0 Å². The molecule has 0 aromatic heterocycles. The Morgan fingerprint density at radius 2 is 2.00 bits per heavy atom. The lowest BCUT2D eigenvalue weighted by Gasteiger charge is -2.22. The van der Waals surface area contributed by atoms with Gasteiger partial charge in [-0.3, -0.25) is 9.79 Å². The molecule has 0 saturated carbocycles. The Bertz CT molecular complexity index is 319. The summed E-state index contributed by atoms with van der Waals surface area (Å²) in [4.78, 5) is 17.8. The van der Waals surface area contributed by atoms with Gasteiger partial charge in [0, 0.05) is 5.90 Å². The van der Waals surface area contributed by atoms with E-state index in [4.69, 9.17) is 19.6 Å². The highest BCUT2D eigenvalue weighted by molar-refractivity contribution is 7.46. The molecule has 10 nitrogen and oxygen atoms in total.